The molecule has 0 spiro atoms. The van der Waals surface area contributed by atoms with Crippen LogP contribution in [0.3, 0.4) is 0 Å². The van der Waals surface area contributed by atoms with Crippen LogP contribution in [0.2, 0.25) is 0 Å². The number of nitrogens with one attached hydrogen (secondary N) is 2. The molecule has 1 aliphatic heterocycles. The van der Waals surface area contributed by atoms with Crippen molar-refractivity contribution >= 4 is 23.5 Å². The molecule has 2 rings (SSSR count). The fraction of sp³-hybridized carbons (Fsp3) is 0.640. The quantitative estimate of drug-likeness (QED) is 0.478. The standard InChI is InChI=1S/C25H37F3N4O5/c1-15(2)29-24(36)31(5)13-21-16(3)12-32(17(4)14-33)23(35)11-18-10-19(6-7-20(18)37-21)30-22(34)8-9-25(26,27)28/h6-7,10,15-17,21,33H,8-9,11-14H2,1-5H3,(H,29,36)(H,30,34)/t16-,17-,21+/m1/s1. The molecule has 0 fully saturated rings. The van der Waals surface area contributed by atoms with Gasteiger partial charge < -0.3 is 30.3 Å². The Morgan fingerprint density at radius 1 is 1.27 bits per heavy atom. The Kier molecular flexibility index (Phi) is 10.6. The number of alkyl halides is 3. The van der Waals surface area contributed by atoms with Crippen molar-refractivity contribution in [3.05, 3.63) is 23.8 Å². The number of amides is 4. The highest BCUT2D eigenvalue weighted by Gasteiger charge is 2.32. The Balaban J connectivity index is 2.34. The summed E-state index contributed by atoms with van der Waals surface area (Å²) in [5.41, 5.74) is 0.670. The van der Waals surface area contributed by atoms with Crippen molar-refractivity contribution in [2.75, 3.05) is 32.1 Å². The van der Waals surface area contributed by atoms with Gasteiger partial charge in [0.1, 0.15) is 11.9 Å². The van der Waals surface area contributed by atoms with Crippen LogP contribution in [0.5, 0.6) is 5.75 Å². The van der Waals surface area contributed by atoms with Crippen LogP contribution in [0.4, 0.5) is 23.7 Å². The topological polar surface area (TPSA) is 111 Å². The normalized spacial score (nSPS) is 19.2. The molecule has 208 valence electrons. The first-order valence-corrected chi connectivity index (χ1v) is 12.3. The van der Waals surface area contributed by atoms with Crippen LogP contribution in [-0.4, -0.2) is 83.9 Å². The van der Waals surface area contributed by atoms with Crippen molar-refractivity contribution in [2.45, 2.75) is 71.3 Å². The third-order valence-corrected chi connectivity index (χ3v) is 6.05. The predicted molar refractivity (Wildman–Crippen MR) is 132 cm³/mol. The van der Waals surface area contributed by atoms with E-state index in [2.05, 4.69) is 10.6 Å². The summed E-state index contributed by atoms with van der Waals surface area (Å²) in [6, 6.07) is 3.75. The Morgan fingerprint density at radius 3 is 2.54 bits per heavy atom. The zero-order chi connectivity index (χ0) is 27.9. The smallest absolute Gasteiger partial charge is 0.389 e. The van der Waals surface area contributed by atoms with Gasteiger partial charge in [-0.3, -0.25) is 9.59 Å². The van der Waals surface area contributed by atoms with E-state index in [-0.39, 0.29) is 55.7 Å². The summed E-state index contributed by atoms with van der Waals surface area (Å²) in [5, 5.41) is 15.0. The molecule has 0 radical (unpaired) electrons. The fourth-order valence-corrected chi connectivity index (χ4v) is 3.91. The third kappa shape index (κ3) is 9.42. The highest BCUT2D eigenvalue weighted by atomic mass is 19.4. The minimum atomic E-state index is -4.44. The van der Waals surface area contributed by atoms with Gasteiger partial charge in [-0.15, -0.1) is 0 Å². The van der Waals surface area contributed by atoms with E-state index in [1.165, 1.54) is 17.0 Å². The maximum absolute atomic E-state index is 13.2. The first-order chi connectivity index (χ1) is 17.2. The number of fused-ring (bicyclic) bond motifs is 1. The SMILES string of the molecule is CC(C)NC(=O)N(C)C[C@@H]1Oc2ccc(NC(=O)CCC(F)(F)F)cc2CC(=O)N([C@H](C)CO)C[C@H]1C. The summed E-state index contributed by atoms with van der Waals surface area (Å²) >= 11 is 0. The van der Waals surface area contributed by atoms with E-state index in [1.807, 2.05) is 20.8 Å². The van der Waals surface area contributed by atoms with Gasteiger partial charge in [0.2, 0.25) is 11.8 Å². The molecule has 0 aromatic heterocycles. The second-order valence-electron chi connectivity index (χ2n) is 9.86. The van der Waals surface area contributed by atoms with Crippen LogP contribution in [0.1, 0.15) is 46.1 Å². The van der Waals surface area contributed by atoms with E-state index in [9.17, 15) is 32.7 Å². The van der Waals surface area contributed by atoms with Crippen molar-refractivity contribution in [3.8, 4) is 5.75 Å². The molecule has 12 heteroatoms. The molecule has 3 atom stereocenters. The first-order valence-electron chi connectivity index (χ1n) is 12.3. The van der Waals surface area contributed by atoms with Crippen LogP contribution >= 0.6 is 0 Å². The average Bonchev–Trinajstić information content (AvgIpc) is 2.84. The summed E-state index contributed by atoms with van der Waals surface area (Å²) in [7, 11) is 1.64. The lowest BCUT2D eigenvalue weighted by molar-refractivity contribution is -0.142. The highest BCUT2D eigenvalue weighted by Crippen LogP contribution is 2.29. The summed E-state index contributed by atoms with van der Waals surface area (Å²) in [4.78, 5) is 40.8. The Bertz CT molecular complexity index is 957. The molecule has 1 aromatic carbocycles. The molecule has 1 aromatic rings. The number of hydrogen-bond acceptors (Lipinski definition) is 5. The van der Waals surface area contributed by atoms with Crippen LogP contribution in [0, 0.1) is 5.92 Å². The van der Waals surface area contributed by atoms with E-state index in [1.54, 1.807) is 24.9 Å². The minimum absolute atomic E-state index is 0.0576. The summed E-state index contributed by atoms with van der Waals surface area (Å²) in [5.74, 6) is -0.924. The number of ether oxygens (including phenoxy) is 1. The van der Waals surface area contributed by atoms with Gasteiger partial charge in [0.15, 0.2) is 0 Å². The predicted octanol–water partition coefficient (Wildman–Crippen LogP) is 3.17. The molecular formula is C25H37F3N4O5. The lowest BCUT2D eigenvalue weighted by Gasteiger charge is -2.34. The van der Waals surface area contributed by atoms with Crippen LogP contribution in [0.15, 0.2) is 18.2 Å². The van der Waals surface area contributed by atoms with Gasteiger partial charge >= 0.3 is 12.2 Å². The highest BCUT2D eigenvalue weighted by molar-refractivity contribution is 5.91. The van der Waals surface area contributed by atoms with E-state index >= 15 is 0 Å². The number of aliphatic hydroxyl groups is 1. The maximum Gasteiger partial charge on any atom is 0.389 e. The molecule has 0 aliphatic carbocycles. The van der Waals surface area contributed by atoms with E-state index in [4.69, 9.17) is 4.74 Å². The Morgan fingerprint density at radius 2 is 1.95 bits per heavy atom. The lowest BCUT2D eigenvalue weighted by Crippen LogP contribution is -2.49. The maximum atomic E-state index is 13.2. The third-order valence-electron chi connectivity index (χ3n) is 6.05. The van der Waals surface area contributed by atoms with Gasteiger partial charge in [-0.2, -0.15) is 13.2 Å². The van der Waals surface area contributed by atoms with Crippen molar-refractivity contribution in [1.29, 1.82) is 0 Å². The fourth-order valence-electron chi connectivity index (χ4n) is 3.91. The molecule has 0 saturated carbocycles. The van der Waals surface area contributed by atoms with Crippen LogP contribution in [-0.2, 0) is 16.0 Å². The first kappa shape index (κ1) is 30.2. The second kappa shape index (κ2) is 13.0. The second-order valence-corrected chi connectivity index (χ2v) is 9.86. The van der Waals surface area contributed by atoms with Crippen molar-refractivity contribution in [2.24, 2.45) is 5.92 Å². The number of nitrogens with zero attached hydrogens (tertiary/aromatic N) is 2. The molecule has 1 heterocycles. The van der Waals surface area contributed by atoms with Crippen molar-refractivity contribution in [1.82, 2.24) is 15.1 Å². The van der Waals surface area contributed by atoms with Gasteiger partial charge in [0.25, 0.3) is 0 Å². The number of carbonyl (C=O) groups excluding carboxylic acids is 3. The summed E-state index contributed by atoms with van der Waals surface area (Å²) in [6.45, 7) is 7.55. The van der Waals surface area contributed by atoms with Gasteiger partial charge in [-0.05, 0) is 39.0 Å². The zero-order valence-electron chi connectivity index (χ0n) is 21.9. The monoisotopic (exact) mass is 530 g/mol. The van der Waals surface area contributed by atoms with E-state index in [0.717, 1.165) is 0 Å². The van der Waals surface area contributed by atoms with Crippen LogP contribution in [0.25, 0.3) is 0 Å². The number of aliphatic hydroxyl groups excluding tert-OH is 1. The van der Waals surface area contributed by atoms with Crippen LogP contribution < -0.4 is 15.4 Å². The molecule has 1 aliphatic rings. The number of likely N-dealkylation sites (N-methyl/N-ethyl adjacent to an activating group) is 1. The van der Waals surface area contributed by atoms with E-state index in [0.29, 0.717) is 11.3 Å². The number of urea groups is 1. The molecule has 0 bridgehead atoms. The van der Waals surface area contributed by atoms with Gasteiger partial charge in [0, 0.05) is 43.2 Å². The largest absolute Gasteiger partial charge is 0.488 e. The molecule has 9 nitrogen and oxygen atoms in total. The van der Waals surface area contributed by atoms with Crippen molar-refractivity contribution < 1.29 is 37.4 Å². The average molecular weight is 531 g/mol. The molecule has 0 unspecified atom stereocenters. The van der Waals surface area contributed by atoms with E-state index < -0.39 is 37.1 Å². The summed E-state index contributed by atoms with van der Waals surface area (Å²) < 4.78 is 43.7. The minimum Gasteiger partial charge on any atom is -0.488 e. The van der Waals surface area contributed by atoms with Crippen molar-refractivity contribution in [3.63, 3.8) is 0 Å². The lowest BCUT2D eigenvalue weighted by atomic mass is 10.0. The molecule has 37 heavy (non-hydrogen) atoms. The van der Waals surface area contributed by atoms with Gasteiger partial charge in [0.05, 0.1) is 32.0 Å². The van der Waals surface area contributed by atoms with Gasteiger partial charge in [-0.25, -0.2) is 4.79 Å². The molecular weight excluding hydrogens is 493 g/mol. The Labute approximate surface area is 215 Å². The summed E-state index contributed by atoms with van der Waals surface area (Å²) in [6.07, 6.45) is -7.03. The number of rotatable bonds is 8. The number of anilines is 1. The number of carbonyl (C=O) groups is 3. The van der Waals surface area contributed by atoms with Gasteiger partial charge in [-0.1, -0.05) is 6.92 Å². The zero-order valence-corrected chi connectivity index (χ0v) is 21.9. The number of halogens is 3. The molecule has 3 N–H and O–H groups in total. The number of benzene rings is 1. The molecule has 4 amide bonds. The molecule has 0 saturated heterocycles. The number of hydrogen-bond donors (Lipinski definition) is 3. The Hall–Kier alpha value is -3.02.